The number of hydrogen-bond donors (Lipinski definition) is 1. The molecule has 1 amide bonds. The van der Waals surface area contributed by atoms with Crippen LogP contribution in [0.1, 0.15) is 0 Å². The number of carbonyl (C=O) groups excluding carboxylic acids is 1. The van der Waals surface area contributed by atoms with Crippen LogP contribution >= 0.6 is 15.9 Å². The van der Waals surface area contributed by atoms with Crippen molar-refractivity contribution in [3.8, 4) is 11.5 Å². The van der Waals surface area contributed by atoms with Gasteiger partial charge in [0.2, 0.25) is 5.91 Å². The van der Waals surface area contributed by atoms with E-state index in [9.17, 15) is 4.79 Å². The van der Waals surface area contributed by atoms with Crippen molar-refractivity contribution in [3.05, 3.63) is 54.6 Å². The van der Waals surface area contributed by atoms with Crippen molar-refractivity contribution >= 4 is 27.5 Å². The highest BCUT2D eigenvalue weighted by Crippen LogP contribution is 2.23. The summed E-state index contributed by atoms with van der Waals surface area (Å²) in [4.78, 5) is 11.4. The molecule has 2 aromatic carbocycles. The molecule has 2 rings (SSSR count). The van der Waals surface area contributed by atoms with Crippen LogP contribution in [0.15, 0.2) is 54.6 Å². The second kappa shape index (κ2) is 8.32. The summed E-state index contributed by atoms with van der Waals surface area (Å²) in [6.45, 7) is 0.834. The van der Waals surface area contributed by atoms with Gasteiger partial charge in [-0.25, -0.2) is 0 Å². The number of benzene rings is 2. The minimum Gasteiger partial charge on any atom is -0.490 e. The van der Waals surface area contributed by atoms with Crippen LogP contribution < -0.4 is 14.8 Å². The molecule has 0 bridgehead atoms. The van der Waals surface area contributed by atoms with Crippen LogP contribution in [0.2, 0.25) is 0 Å². The highest BCUT2D eigenvalue weighted by Gasteiger charge is 2.06. The first-order chi connectivity index (χ1) is 10.3. The highest BCUT2D eigenvalue weighted by atomic mass is 79.9. The van der Waals surface area contributed by atoms with Crippen LogP contribution in [0.4, 0.5) is 5.69 Å². The Hall–Kier alpha value is -2.01. The molecule has 0 atom stereocenters. The summed E-state index contributed by atoms with van der Waals surface area (Å²) < 4.78 is 11.2. The lowest BCUT2D eigenvalue weighted by molar-refractivity contribution is -0.113. The summed E-state index contributed by atoms with van der Waals surface area (Å²) >= 11 is 3.11. The minimum atomic E-state index is -0.119. The largest absolute Gasteiger partial charge is 0.490 e. The van der Waals surface area contributed by atoms with Gasteiger partial charge in [-0.1, -0.05) is 46.3 Å². The molecule has 0 aliphatic rings. The number of hydrogen-bond acceptors (Lipinski definition) is 3. The Morgan fingerprint density at radius 3 is 2.38 bits per heavy atom. The SMILES string of the molecule is O=C(CBr)Nc1ccccc1OCCOc1ccccc1. The molecule has 0 spiro atoms. The van der Waals surface area contributed by atoms with Crippen molar-refractivity contribution in [2.45, 2.75) is 0 Å². The summed E-state index contributed by atoms with van der Waals surface area (Å²) in [6, 6.07) is 16.9. The van der Waals surface area contributed by atoms with Crippen LogP contribution in [0.25, 0.3) is 0 Å². The minimum absolute atomic E-state index is 0.119. The second-order valence-corrected chi connectivity index (χ2v) is 4.75. The topological polar surface area (TPSA) is 47.6 Å². The predicted molar refractivity (Wildman–Crippen MR) is 86.3 cm³/mol. The summed E-state index contributed by atoms with van der Waals surface area (Å²) in [5.41, 5.74) is 0.654. The van der Waals surface area contributed by atoms with Gasteiger partial charge in [-0.15, -0.1) is 0 Å². The zero-order valence-electron chi connectivity index (χ0n) is 11.4. The van der Waals surface area contributed by atoms with Crippen molar-refractivity contribution in [2.75, 3.05) is 23.9 Å². The van der Waals surface area contributed by atoms with Gasteiger partial charge in [0.15, 0.2) is 0 Å². The third kappa shape index (κ3) is 5.11. The monoisotopic (exact) mass is 349 g/mol. The molecule has 0 heterocycles. The quantitative estimate of drug-likeness (QED) is 0.614. The number of carbonyl (C=O) groups is 1. The molecule has 1 N–H and O–H groups in total. The van der Waals surface area contributed by atoms with Gasteiger partial charge < -0.3 is 14.8 Å². The third-order valence-electron chi connectivity index (χ3n) is 2.64. The second-order valence-electron chi connectivity index (χ2n) is 4.19. The highest BCUT2D eigenvalue weighted by molar-refractivity contribution is 9.09. The normalized spacial score (nSPS) is 9.95. The lowest BCUT2D eigenvalue weighted by atomic mass is 10.3. The van der Waals surface area contributed by atoms with Gasteiger partial charge in [0.1, 0.15) is 24.7 Å². The molecule has 0 aromatic heterocycles. The first kappa shape index (κ1) is 15.4. The molecule has 0 unspecified atom stereocenters. The molecule has 2 aromatic rings. The Kier molecular flexibility index (Phi) is 6.09. The van der Waals surface area contributed by atoms with E-state index in [4.69, 9.17) is 9.47 Å². The fourth-order valence-electron chi connectivity index (χ4n) is 1.71. The van der Waals surface area contributed by atoms with Gasteiger partial charge in [0.05, 0.1) is 11.0 Å². The molecule has 5 heteroatoms. The molecular formula is C16H16BrNO3. The van der Waals surface area contributed by atoms with Crippen molar-refractivity contribution in [1.29, 1.82) is 0 Å². The number of halogens is 1. The molecule has 110 valence electrons. The number of alkyl halides is 1. The average molecular weight is 350 g/mol. The number of para-hydroxylation sites is 3. The summed E-state index contributed by atoms with van der Waals surface area (Å²) in [5.74, 6) is 1.32. The molecular weight excluding hydrogens is 334 g/mol. The molecule has 0 radical (unpaired) electrons. The van der Waals surface area contributed by atoms with Gasteiger partial charge in [-0.2, -0.15) is 0 Å². The van der Waals surface area contributed by atoms with Gasteiger partial charge in [-0.3, -0.25) is 4.79 Å². The van der Waals surface area contributed by atoms with E-state index in [1.165, 1.54) is 0 Å². The molecule has 0 aliphatic heterocycles. The molecule has 4 nitrogen and oxygen atoms in total. The van der Waals surface area contributed by atoms with E-state index in [2.05, 4.69) is 21.2 Å². The van der Waals surface area contributed by atoms with Gasteiger partial charge in [-0.05, 0) is 24.3 Å². The Labute approximate surface area is 132 Å². The van der Waals surface area contributed by atoms with Crippen LogP contribution in [0.3, 0.4) is 0 Å². The Morgan fingerprint density at radius 2 is 1.62 bits per heavy atom. The number of ether oxygens (including phenoxy) is 2. The predicted octanol–water partition coefficient (Wildman–Crippen LogP) is 3.48. The summed E-state index contributed by atoms with van der Waals surface area (Å²) in [5, 5.41) is 3.02. The van der Waals surface area contributed by atoms with E-state index in [1.54, 1.807) is 6.07 Å². The molecule has 0 saturated heterocycles. The Morgan fingerprint density at radius 1 is 0.952 bits per heavy atom. The summed E-state index contributed by atoms with van der Waals surface area (Å²) in [7, 11) is 0. The Balaban J connectivity index is 1.84. The van der Waals surface area contributed by atoms with E-state index >= 15 is 0 Å². The van der Waals surface area contributed by atoms with Crippen LogP contribution in [0, 0.1) is 0 Å². The lowest BCUT2D eigenvalue weighted by Crippen LogP contribution is -2.14. The van der Waals surface area contributed by atoms with Crippen molar-refractivity contribution in [3.63, 3.8) is 0 Å². The Bertz CT molecular complexity index is 575. The maximum atomic E-state index is 11.4. The van der Waals surface area contributed by atoms with Crippen LogP contribution in [-0.4, -0.2) is 24.5 Å². The number of nitrogens with one attached hydrogen (secondary N) is 1. The molecule has 0 fully saturated rings. The molecule has 0 saturated carbocycles. The fourth-order valence-corrected chi connectivity index (χ4v) is 1.85. The lowest BCUT2D eigenvalue weighted by Gasteiger charge is -2.12. The van der Waals surface area contributed by atoms with Gasteiger partial charge in [0, 0.05) is 0 Å². The van der Waals surface area contributed by atoms with Gasteiger partial charge in [0.25, 0.3) is 0 Å². The van der Waals surface area contributed by atoms with E-state index in [1.807, 2.05) is 48.5 Å². The molecule has 0 aliphatic carbocycles. The van der Waals surface area contributed by atoms with Crippen LogP contribution in [0.5, 0.6) is 11.5 Å². The molecule has 21 heavy (non-hydrogen) atoms. The van der Waals surface area contributed by atoms with E-state index < -0.39 is 0 Å². The van der Waals surface area contributed by atoms with Crippen molar-refractivity contribution in [2.24, 2.45) is 0 Å². The standard InChI is InChI=1S/C16H16BrNO3/c17-12-16(19)18-14-8-4-5-9-15(14)21-11-10-20-13-6-2-1-3-7-13/h1-9H,10-12H2,(H,18,19). The number of rotatable bonds is 7. The van der Waals surface area contributed by atoms with Gasteiger partial charge >= 0.3 is 0 Å². The first-order valence-corrected chi connectivity index (χ1v) is 7.67. The number of amides is 1. The smallest absolute Gasteiger partial charge is 0.235 e. The average Bonchev–Trinajstić information content (AvgIpc) is 2.54. The van der Waals surface area contributed by atoms with Crippen molar-refractivity contribution < 1.29 is 14.3 Å². The van der Waals surface area contributed by atoms with Crippen LogP contribution in [-0.2, 0) is 4.79 Å². The third-order valence-corrected chi connectivity index (χ3v) is 3.14. The summed E-state index contributed by atoms with van der Waals surface area (Å²) in [6.07, 6.45) is 0. The van der Waals surface area contributed by atoms with Crippen molar-refractivity contribution in [1.82, 2.24) is 0 Å². The van der Waals surface area contributed by atoms with E-state index in [0.717, 1.165) is 5.75 Å². The van der Waals surface area contributed by atoms with E-state index in [-0.39, 0.29) is 11.2 Å². The zero-order valence-corrected chi connectivity index (χ0v) is 13.0. The zero-order chi connectivity index (χ0) is 14.9. The fraction of sp³-hybridized carbons (Fsp3) is 0.188. The first-order valence-electron chi connectivity index (χ1n) is 6.55. The maximum absolute atomic E-state index is 11.4. The maximum Gasteiger partial charge on any atom is 0.235 e. The van der Waals surface area contributed by atoms with E-state index in [0.29, 0.717) is 24.7 Å². The number of anilines is 1.